The minimum atomic E-state index is -0.224. The van der Waals surface area contributed by atoms with E-state index >= 15 is 0 Å². The number of carbonyl (C=O) groups is 3. The predicted molar refractivity (Wildman–Crippen MR) is 190 cm³/mol. The Hall–Kier alpha value is -1.19. The average molecular weight is 736 g/mol. The highest BCUT2D eigenvalue weighted by Crippen LogP contribution is 2.13. The fraction of sp³-hybridized carbons (Fsp3) is 0.921. The maximum Gasteiger partial charge on any atom is 0.305 e. The molecule has 0 aromatic heterocycles. The molecular formula is C38H75BrN2O6. The van der Waals surface area contributed by atoms with Gasteiger partial charge in [-0.3, -0.25) is 14.4 Å². The van der Waals surface area contributed by atoms with Crippen molar-refractivity contribution in [1.29, 1.82) is 0 Å². The lowest BCUT2D eigenvalue weighted by molar-refractivity contribution is -0.883. The molecule has 1 N–H and O–H groups in total. The summed E-state index contributed by atoms with van der Waals surface area (Å²) in [6, 6.07) is 0. The molecule has 0 saturated heterocycles. The number of aliphatic hydroxyl groups excluding tert-OH is 1. The third-order valence-corrected chi connectivity index (χ3v) is 8.84. The van der Waals surface area contributed by atoms with Crippen LogP contribution >= 0.6 is 0 Å². The molecule has 0 aromatic rings. The van der Waals surface area contributed by atoms with Gasteiger partial charge in [0.15, 0.2) is 6.54 Å². The lowest BCUT2D eigenvalue weighted by atomic mass is 10.1. The van der Waals surface area contributed by atoms with Gasteiger partial charge in [-0.15, -0.1) is 0 Å². The molecule has 0 heterocycles. The van der Waals surface area contributed by atoms with Crippen LogP contribution < -0.4 is 17.0 Å². The molecular weight excluding hydrogens is 660 g/mol. The van der Waals surface area contributed by atoms with Gasteiger partial charge in [0.2, 0.25) is 0 Å². The highest BCUT2D eigenvalue weighted by molar-refractivity contribution is 5.77. The number of nitrogens with zero attached hydrogens (tertiary/aromatic N) is 2. The van der Waals surface area contributed by atoms with Gasteiger partial charge in [-0.05, 0) is 12.8 Å². The smallest absolute Gasteiger partial charge is 0.305 e. The highest BCUT2D eigenvalue weighted by atomic mass is 79.9. The molecule has 9 heteroatoms. The molecule has 0 aliphatic carbocycles. The van der Waals surface area contributed by atoms with Gasteiger partial charge in [0.05, 0.1) is 33.8 Å². The number of esters is 2. The summed E-state index contributed by atoms with van der Waals surface area (Å²) in [4.78, 5) is 39.3. The molecule has 0 radical (unpaired) electrons. The van der Waals surface area contributed by atoms with Gasteiger partial charge >= 0.3 is 11.9 Å². The SMILES string of the molecule is CCCCCCCCCCCCCC(=O)OCCN(CCOC(=O)CCCCCCCCCCCCC)C(=O)C[N+](C)(C)CCO.[Br-]. The molecule has 1 amide bonds. The Morgan fingerprint density at radius 1 is 0.553 bits per heavy atom. The van der Waals surface area contributed by atoms with E-state index in [0.717, 1.165) is 38.5 Å². The van der Waals surface area contributed by atoms with Gasteiger partial charge in [0.1, 0.15) is 19.8 Å². The average Bonchev–Trinajstić information content (AvgIpc) is 3.01. The summed E-state index contributed by atoms with van der Waals surface area (Å²) in [5.74, 6) is -0.558. The normalized spacial score (nSPS) is 11.3. The number of carbonyl (C=O) groups excluding carboxylic acids is 3. The number of amides is 1. The Kier molecular flexibility index (Phi) is 35.3. The van der Waals surface area contributed by atoms with E-state index in [2.05, 4.69) is 13.8 Å². The van der Waals surface area contributed by atoms with Gasteiger partial charge in [-0.1, -0.05) is 142 Å². The van der Waals surface area contributed by atoms with Crippen LogP contribution in [0.1, 0.15) is 168 Å². The molecule has 280 valence electrons. The van der Waals surface area contributed by atoms with Crippen LogP contribution in [0.3, 0.4) is 0 Å². The van der Waals surface area contributed by atoms with E-state index in [-0.39, 0.29) is 74.3 Å². The van der Waals surface area contributed by atoms with E-state index in [1.165, 1.54) is 103 Å². The molecule has 0 unspecified atom stereocenters. The monoisotopic (exact) mass is 734 g/mol. The molecule has 0 aliphatic heterocycles. The van der Waals surface area contributed by atoms with E-state index < -0.39 is 0 Å². The van der Waals surface area contributed by atoms with Crippen molar-refractivity contribution in [3.8, 4) is 0 Å². The zero-order chi connectivity index (χ0) is 34.1. The second kappa shape index (κ2) is 34.7. The van der Waals surface area contributed by atoms with Crippen molar-refractivity contribution < 1.29 is 50.4 Å². The van der Waals surface area contributed by atoms with Gasteiger partial charge in [0.25, 0.3) is 5.91 Å². The first-order valence-corrected chi connectivity index (χ1v) is 19.3. The minimum absolute atomic E-state index is 0. The molecule has 0 rings (SSSR count). The van der Waals surface area contributed by atoms with E-state index in [4.69, 9.17) is 9.47 Å². The van der Waals surface area contributed by atoms with Crippen LogP contribution in [0.25, 0.3) is 0 Å². The maximum absolute atomic E-state index is 13.1. The van der Waals surface area contributed by atoms with Crippen molar-refractivity contribution in [1.82, 2.24) is 4.90 Å². The van der Waals surface area contributed by atoms with Crippen molar-refractivity contribution in [2.45, 2.75) is 168 Å². The predicted octanol–water partition coefficient (Wildman–Crippen LogP) is 5.38. The Morgan fingerprint density at radius 3 is 1.19 bits per heavy atom. The van der Waals surface area contributed by atoms with Crippen LogP contribution in [0.15, 0.2) is 0 Å². The summed E-state index contributed by atoms with van der Waals surface area (Å²) in [5, 5.41) is 9.36. The fourth-order valence-electron chi connectivity index (χ4n) is 5.73. The molecule has 0 atom stereocenters. The molecule has 0 aromatic carbocycles. The van der Waals surface area contributed by atoms with E-state index in [9.17, 15) is 19.5 Å². The molecule has 47 heavy (non-hydrogen) atoms. The number of quaternary nitrogens is 1. The number of halogens is 1. The van der Waals surface area contributed by atoms with Crippen molar-refractivity contribution >= 4 is 17.8 Å². The van der Waals surface area contributed by atoms with Crippen molar-refractivity contribution in [2.75, 3.05) is 60.1 Å². The van der Waals surface area contributed by atoms with Crippen molar-refractivity contribution in [3.05, 3.63) is 0 Å². The third-order valence-electron chi connectivity index (χ3n) is 8.84. The summed E-state index contributed by atoms with van der Waals surface area (Å²) in [7, 11) is 3.79. The standard InChI is InChI=1S/C38H75N2O6.BrH/c1-5-7-9-11-13-15-17-19-21-23-25-27-37(43)45-33-29-39(36(42)35-40(3,4)31-32-41)30-34-46-38(44)28-26-24-22-20-18-16-14-12-10-8-6-2;/h41H,5-35H2,1-4H3;1H/q+1;/p-1. The van der Waals surface area contributed by atoms with Crippen LogP contribution in [0.2, 0.25) is 0 Å². The Morgan fingerprint density at radius 2 is 0.872 bits per heavy atom. The first-order chi connectivity index (χ1) is 22.3. The quantitative estimate of drug-likeness (QED) is 0.0543. The summed E-state index contributed by atoms with van der Waals surface area (Å²) in [5.41, 5.74) is 0. The van der Waals surface area contributed by atoms with Gasteiger partial charge in [-0.25, -0.2) is 0 Å². The van der Waals surface area contributed by atoms with Crippen molar-refractivity contribution in [2.24, 2.45) is 0 Å². The van der Waals surface area contributed by atoms with Crippen LogP contribution in [0, 0.1) is 0 Å². The van der Waals surface area contributed by atoms with Crippen LogP contribution in [-0.2, 0) is 23.9 Å². The molecule has 0 bridgehead atoms. The van der Waals surface area contributed by atoms with Crippen LogP contribution in [0.4, 0.5) is 0 Å². The number of rotatable bonds is 34. The van der Waals surface area contributed by atoms with E-state index in [1.54, 1.807) is 4.90 Å². The van der Waals surface area contributed by atoms with E-state index in [1.807, 2.05) is 14.1 Å². The Labute approximate surface area is 300 Å². The fourth-order valence-corrected chi connectivity index (χ4v) is 5.73. The zero-order valence-corrected chi connectivity index (χ0v) is 32.8. The summed E-state index contributed by atoms with van der Waals surface area (Å²) in [6.45, 7) is 5.93. The van der Waals surface area contributed by atoms with Crippen LogP contribution in [0.5, 0.6) is 0 Å². The molecule has 0 fully saturated rings. The zero-order valence-electron chi connectivity index (χ0n) is 31.2. The second-order valence-corrected chi connectivity index (χ2v) is 13.9. The maximum atomic E-state index is 13.1. The van der Waals surface area contributed by atoms with Gasteiger partial charge < -0.3 is 40.9 Å². The summed E-state index contributed by atoms with van der Waals surface area (Å²) >= 11 is 0. The largest absolute Gasteiger partial charge is 1.00 e. The number of ether oxygens (including phenoxy) is 2. The van der Waals surface area contributed by atoms with Gasteiger partial charge in [-0.2, -0.15) is 0 Å². The third kappa shape index (κ3) is 33.1. The highest BCUT2D eigenvalue weighted by Gasteiger charge is 2.24. The van der Waals surface area contributed by atoms with E-state index in [0.29, 0.717) is 23.9 Å². The number of unbranched alkanes of at least 4 members (excludes halogenated alkanes) is 20. The molecule has 0 aliphatic rings. The Balaban J connectivity index is 0. The van der Waals surface area contributed by atoms with Crippen molar-refractivity contribution in [3.63, 3.8) is 0 Å². The summed E-state index contributed by atoms with van der Waals surface area (Å²) in [6.07, 6.45) is 27.9. The number of aliphatic hydroxyl groups is 1. The summed E-state index contributed by atoms with van der Waals surface area (Å²) < 4.78 is 11.3. The van der Waals surface area contributed by atoms with Gasteiger partial charge in [0, 0.05) is 12.8 Å². The number of likely N-dealkylation sites (N-methyl/N-ethyl adjacent to an activating group) is 1. The first-order valence-electron chi connectivity index (χ1n) is 19.3. The first kappa shape index (κ1) is 47.9. The number of hydrogen-bond donors (Lipinski definition) is 1. The van der Waals surface area contributed by atoms with Crippen LogP contribution in [-0.4, -0.2) is 92.4 Å². The number of hydrogen-bond acceptors (Lipinski definition) is 6. The topological polar surface area (TPSA) is 93.1 Å². The Bertz CT molecular complexity index is 693. The second-order valence-electron chi connectivity index (χ2n) is 13.9. The molecule has 0 spiro atoms. The lowest BCUT2D eigenvalue weighted by Crippen LogP contribution is -3.00. The lowest BCUT2D eigenvalue weighted by Gasteiger charge is -2.31. The molecule has 0 saturated carbocycles. The minimum Gasteiger partial charge on any atom is -1.00 e. The molecule has 8 nitrogen and oxygen atoms in total.